The van der Waals surface area contributed by atoms with E-state index < -0.39 is 16.1 Å². The number of sulfonamides is 1. The van der Waals surface area contributed by atoms with Crippen LogP contribution in [0.1, 0.15) is 25.3 Å². The SMILES string of the molecule is CCCNC(=O)C(CCSC)N=C1NS(=O)(=O)c2ccccc21. The molecular formula is C15H21N3O3S2. The van der Waals surface area contributed by atoms with E-state index in [-0.39, 0.29) is 16.6 Å². The van der Waals surface area contributed by atoms with Crippen LogP contribution in [-0.4, -0.2) is 44.8 Å². The number of hydrogen-bond acceptors (Lipinski definition) is 5. The number of amidine groups is 1. The van der Waals surface area contributed by atoms with Crippen molar-refractivity contribution in [2.75, 3.05) is 18.6 Å². The third-order valence-electron chi connectivity index (χ3n) is 3.39. The van der Waals surface area contributed by atoms with Crippen molar-refractivity contribution in [1.29, 1.82) is 0 Å². The lowest BCUT2D eigenvalue weighted by molar-refractivity contribution is -0.122. The van der Waals surface area contributed by atoms with Crippen molar-refractivity contribution >= 4 is 33.5 Å². The molecule has 6 nitrogen and oxygen atoms in total. The van der Waals surface area contributed by atoms with Gasteiger partial charge in [0.2, 0.25) is 5.91 Å². The lowest BCUT2D eigenvalue weighted by Crippen LogP contribution is -2.36. The summed E-state index contributed by atoms with van der Waals surface area (Å²) in [6, 6.07) is 6.05. The zero-order chi connectivity index (χ0) is 16.9. The predicted octanol–water partition coefficient (Wildman–Crippen LogP) is 1.37. The van der Waals surface area contributed by atoms with Crippen molar-refractivity contribution in [2.24, 2.45) is 4.99 Å². The smallest absolute Gasteiger partial charge is 0.263 e. The molecule has 0 fully saturated rings. The van der Waals surface area contributed by atoms with Crippen LogP contribution < -0.4 is 10.0 Å². The number of benzene rings is 1. The number of carbonyl (C=O) groups is 1. The molecule has 8 heteroatoms. The second kappa shape index (κ2) is 7.83. The van der Waals surface area contributed by atoms with Crippen molar-refractivity contribution < 1.29 is 13.2 Å². The normalized spacial score (nSPS) is 18.3. The minimum atomic E-state index is -3.58. The highest BCUT2D eigenvalue weighted by Gasteiger charge is 2.31. The number of nitrogens with one attached hydrogen (secondary N) is 2. The summed E-state index contributed by atoms with van der Waals surface area (Å²) in [5, 5.41) is 2.83. The number of nitrogens with zero attached hydrogens (tertiary/aromatic N) is 1. The summed E-state index contributed by atoms with van der Waals surface area (Å²) in [6.45, 7) is 2.56. The maximum atomic E-state index is 12.3. The molecule has 1 aliphatic rings. The van der Waals surface area contributed by atoms with Crippen LogP contribution in [0.3, 0.4) is 0 Å². The molecule has 23 heavy (non-hydrogen) atoms. The molecule has 1 aliphatic heterocycles. The molecule has 0 saturated carbocycles. The third-order valence-corrected chi connectivity index (χ3v) is 5.44. The van der Waals surface area contributed by atoms with E-state index in [1.807, 2.05) is 13.2 Å². The van der Waals surface area contributed by atoms with E-state index >= 15 is 0 Å². The summed E-state index contributed by atoms with van der Waals surface area (Å²) in [5.74, 6) is 0.852. The molecule has 0 aliphatic carbocycles. The Hall–Kier alpha value is -1.54. The van der Waals surface area contributed by atoms with E-state index in [1.54, 1.807) is 30.0 Å². The number of hydrogen-bond donors (Lipinski definition) is 2. The van der Waals surface area contributed by atoms with Crippen LogP contribution in [0.25, 0.3) is 0 Å². The number of carbonyl (C=O) groups excluding carboxylic acids is 1. The van der Waals surface area contributed by atoms with Gasteiger partial charge in [-0.1, -0.05) is 19.1 Å². The van der Waals surface area contributed by atoms with Gasteiger partial charge in [-0.3, -0.25) is 14.5 Å². The van der Waals surface area contributed by atoms with Crippen LogP contribution in [0.4, 0.5) is 0 Å². The van der Waals surface area contributed by atoms with Gasteiger partial charge in [-0.25, -0.2) is 8.42 Å². The zero-order valence-electron chi connectivity index (χ0n) is 13.2. The Kier molecular flexibility index (Phi) is 6.06. The quantitative estimate of drug-likeness (QED) is 0.773. The highest BCUT2D eigenvalue weighted by Crippen LogP contribution is 2.23. The number of fused-ring (bicyclic) bond motifs is 1. The van der Waals surface area contributed by atoms with Crippen LogP contribution in [0.15, 0.2) is 34.2 Å². The monoisotopic (exact) mass is 355 g/mol. The molecule has 0 radical (unpaired) electrons. The molecule has 0 spiro atoms. The molecule has 0 saturated heterocycles. The molecule has 1 heterocycles. The second-order valence-electron chi connectivity index (χ2n) is 5.17. The van der Waals surface area contributed by atoms with Gasteiger partial charge >= 0.3 is 0 Å². The first-order valence-corrected chi connectivity index (χ1v) is 10.3. The summed E-state index contributed by atoms with van der Waals surface area (Å²) in [7, 11) is -3.58. The molecule has 2 rings (SSSR count). The van der Waals surface area contributed by atoms with E-state index in [0.29, 0.717) is 18.5 Å². The molecule has 1 aromatic rings. The number of thioether (sulfide) groups is 1. The van der Waals surface area contributed by atoms with E-state index in [1.165, 1.54) is 6.07 Å². The van der Waals surface area contributed by atoms with Gasteiger partial charge in [0.1, 0.15) is 11.9 Å². The largest absolute Gasteiger partial charge is 0.354 e. The van der Waals surface area contributed by atoms with E-state index in [4.69, 9.17) is 0 Å². The Balaban J connectivity index is 2.30. The van der Waals surface area contributed by atoms with E-state index in [9.17, 15) is 13.2 Å². The third kappa shape index (κ3) is 4.26. The molecule has 1 unspecified atom stereocenters. The second-order valence-corrected chi connectivity index (χ2v) is 7.80. The lowest BCUT2D eigenvalue weighted by atomic mass is 10.2. The Labute approximate surface area is 141 Å². The van der Waals surface area contributed by atoms with Gasteiger partial charge in [-0.05, 0) is 37.0 Å². The molecule has 2 N–H and O–H groups in total. The highest BCUT2D eigenvalue weighted by atomic mass is 32.2. The molecule has 0 bridgehead atoms. The van der Waals surface area contributed by atoms with E-state index in [0.717, 1.165) is 12.2 Å². The topological polar surface area (TPSA) is 87.6 Å². The molecular weight excluding hydrogens is 334 g/mol. The molecule has 126 valence electrons. The van der Waals surface area contributed by atoms with Crippen molar-refractivity contribution in [3.05, 3.63) is 29.8 Å². The summed E-state index contributed by atoms with van der Waals surface area (Å²) in [4.78, 5) is 16.9. The van der Waals surface area contributed by atoms with E-state index in [2.05, 4.69) is 15.0 Å². The van der Waals surface area contributed by atoms with Gasteiger partial charge in [0.25, 0.3) is 10.0 Å². The molecule has 1 amide bonds. The Morgan fingerprint density at radius 3 is 2.83 bits per heavy atom. The fraction of sp³-hybridized carbons (Fsp3) is 0.467. The Morgan fingerprint density at radius 2 is 2.13 bits per heavy atom. The fourth-order valence-corrected chi connectivity index (χ4v) is 3.93. The average molecular weight is 355 g/mol. The maximum Gasteiger partial charge on any atom is 0.263 e. The first-order chi connectivity index (χ1) is 11.0. The Morgan fingerprint density at radius 1 is 1.39 bits per heavy atom. The standard InChI is InChI=1S/C15H21N3O3S2/c1-3-9-16-15(19)12(8-10-22-2)17-14-11-6-4-5-7-13(11)23(20,21)18-14/h4-7,12H,3,8-10H2,1-2H3,(H,16,19)(H,17,18). The van der Waals surface area contributed by atoms with Gasteiger partial charge in [-0.2, -0.15) is 11.8 Å². The summed E-state index contributed by atoms with van der Waals surface area (Å²) in [6.07, 6.45) is 3.36. The lowest BCUT2D eigenvalue weighted by Gasteiger charge is -2.13. The zero-order valence-corrected chi connectivity index (χ0v) is 14.8. The summed E-state index contributed by atoms with van der Waals surface area (Å²) >= 11 is 1.63. The van der Waals surface area contributed by atoms with Gasteiger partial charge in [-0.15, -0.1) is 0 Å². The first kappa shape index (κ1) is 17.8. The predicted molar refractivity (Wildman–Crippen MR) is 93.4 cm³/mol. The minimum Gasteiger partial charge on any atom is -0.354 e. The van der Waals surface area contributed by atoms with Gasteiger partial charge in [0.05, 0.1) is 4.90 Å². The maximum absolute atomic E-state index is 12.3. The summed E-state index contributed by atoms with van der Waals surface area (Å²) in [5.41, 5.74) is 0.518. The molecule has 0 aromatic heterocycles. The summed E-state index contributed by atoms with van der Waals surface area (Å²) < 4.78 is 26.7. The Bertz CT molecular complexity index is 702. The molecule has 1 atom stereocenters. The van der Waals surface area contributed by atoms with Crippen LogP contribution in [0.5, 0.6) is 0 Å². The van der Waals surface area contributed by atoms with Crippen molar-refractivity contribution in [1.82, 2.24) is 10.0 Å². The van der Waals surface area contributed by atoms with Crippen LogP contribution >= 0.6 is 11.8 Å². The highest BCUT2D eigenvalue weighted by molar-refractivity contribution is 7.98. The average Bonchev–Trinajstić information content (AvgIpc) is 2.80. The van der Waals surface area contributed by atoms with Crippen molar-refractivity contribution in [2.45, 2.75) is 30.7 Å². The van der Waals surface area contributed by atoms with Crippen LogP contribution in [0.2, 0.25) is 0 Å². The van der Waals surface area contributed by atoms with Crippen molar-refractivity contribution in [3.8, 4) is 0 Å². The van der Waals surface area contributed by atoms with Crippen molar-refractivity contribution in [3.63, 3.8) is 0 Å². The number of aliphatic imine (C=N–C) groups is 1. The van der Waals surface area contributed by atoms with Crippen LogP contribution in [0, 0.1) is 0 Å². The van der Waals surface area contributed by atoms with Crippen LogP contribution in [-0.2, 0) is 14.8 Å². The van der Waals surface area contributed by atoms with Gasteiger partial charge in [0, 0.05) is 12.1 Å². The van der Waals surface area contributed by atoms with Gasteiger partial charge < -0.3 is 5.32 Å². The molecule has 1 aromatic carbocycles. The fourth-order valence-electron chi connectivity index (χ4n) is 2.24. The first-order valence-electron chi connectivity index (χ1n) is 7.46. The number of amides is 1. The minimum absolute atomic E-state index is 0.169. The number of rotatable bonds is 7. The van der Waals surface area contributed by atoms with Gasteiger partial charge in [0.15, 0.2) is 0 Å².